The number of piperazine rings is 1. The molecule has 3 aromatic rings. The van der Waals surface area contributed by atoms with Crippen molar-refractivity contribution in [1.29, 1.82) is 0 Å². The lowest BCUT2D eigenvalue weighted by Crippen LogP contribution is -2.51. The van der Waals surface area contributed by atoms with Crippen molar-refractivity contribution in [2.75, 3.05) is 37.0 Å². The van der Waals surface area contributed by atoms with Crippen molar-refractivity contribution in [1.82, 2.24) is 9.80 Å². The van der Waals surface area contributed by atoms with E-state index in [4.69, 9.17) is 0 Å². The minimum absolute atomic E-state index is 0.176. The molecule has 7 heteroatoms. The summed E-state index contributed by atoms with van der Waals surface area (Å²) in [6, 6.07) is 24.2. The highest BCUT2D eigenvalue weighted by molar-refractivity contribution is 7.92. The largest absolute Gasteiger partial charge is 0.339 e. The van der Waals surface area contributed by atoms with Gasteiger partial charge in [0.15, 0.2) is 0 Å². The number of benzene rings is 3. The Morgan fingerprint density at radius 1 is 0.853 bits per heavy atom. The average molecular weight is 478 g/mol. The summed E-state index contributed by atoms with van der Waals surface area (Å²) in [4.78, 5) is 17.6. The molecule has 178 valence electrons. The van der Waals surface area contributed by atoms with Gasteiger partial charge in [0.2, 0.25) is 5.91 Å². The number of carbonyl (C=O) groups is 1. The number of sulfonamides is 1. The lowest BCUT2D eigenvalue weighted by Gasteiger charge is -2.36. The molecule has 1 heterocycles. The summed E-state index contributed by atoms with van der Waals surface area (Å²) in [5, 5.41) is 0. The zero-order valence-corrected chi connectivity index (χ0v) is 20.5. The Bertz CT molecular complexity index is 1220. The molecule has 0 aliphatic carbocycles. The van der Waals surface area contributed by atoms with Crippen molar-refractivity contribution >= 4 is 21.6 Å². The minimum Gasteiger partial charge on any atom is -0.339 e. The van der Waals surface area contributed by atoms with E-state index in [0.717, 1.165) is 30.8 Å². The Morgan fingerprint density at radius 3 is 2.09 bits per heavy atom. The first-order chi connectivity index (χ1) is 16.3. The SMILES string of the molecule is Cc1ccc(N(CC(=O)N2CCN(Cc3ccccc3)CC2)S(=O)(=O)c2ccccc2)c(C)c1. The highest BCUT2D eigenvalue weighted by Gasteiger charge is 2.31. The van der Waals surface area contributed by atoms with Gasteiger partial charge in [-0.1, -0.05) is 66.2 Å². The molecule has 6 nitrogen and oxygen atoms in total. The second kappa shape index (κ2) is 10.4. The van der Waals surface area contributed by atoms with Crippen LogP contribution in [0.2, 0.25) is 0 Å². The number of hydrogen-bond donors (Lipinski definition) is 0. The van der Waals surface area contributed by atoms with Gasteiger partial charge >= 0.3 is 0 Å². The van der Waals surface area contributed by atoms with Crippen LogP contribution < -0.4 is 4.31 Å². The number of hydrogen-bond acceptors (Lipinski definition) is 4. The third-order valence-corrected chi connectivity index (χ3v) is 7.98. The van der Waals surface area contributed by atoms with E-state index in [1.54, 1.807) is 41.3 Å². The fraction of sp³-hybridized carbons (Fsp3) is 0.296. The van der Waals surface area contributed by atoms with Crippen LogP contribution in [0.5, 0.6) is 0 Å². The molecule has 1 saturated heterocycles. The van der Waals surface area contributed by atoms with Crippen LogP contribution in [-0.2, 0) is 21.4 Å². The number of aryl methyl sites for hydroxylation is 2. The van der Waals surface area contributed by atoms with Gasteiger partial charge in [0.1, 0.15) is 6.54 Å². The average Bonchev–Trinajstić information content (AvgIpc) is 2.84. The van der Waals surface area contributed by atoms with E-state index in [0.29, 0.717) is 18.8 Å². The summed E-state index contributed by atoms with van der Waals surface area (Å²) in [6.07, 6.45) is 0. The number of nitrogens with zero attached hydrogens (tertiary/aromatic N) is 3. The predicted molar refractivity (Wildman–Crippen MR) is 135 cm³/mol. The monoisotopic (exact) mass is 477 g/mol. The molecule has 1 fully saturated rings. The fourth-order valence-electron chi connectivity index (χ4n) is 4.32. The molecule has 1 aliphatic heterocycles. The molecule has 0 atom stereocenters. The van der Waals surface area contributed by atoms with Crippen molar-refractivity contribution in [2.24, 2.45) is 0 Å². The summed E-state index contributed by atoms with van der Waals surface area (Å²) in [7, 11) is -3.90. The van der Waals surface area contributed by atoms with Crippen LogP contribution in [0.4, 0.5) is 5.69 Å². The van der Waals surface area contributed by atoms with Gasteiger partial charge < -0.3 is 4.90 Å². The number of rotatable bonds is 7. The van der Waals surface area contributed by atoms with Gasteiger partial charge in [-0.2, -0.15) is 0 Å². The van der Waals surface area contributed by atoms with Crippen LogP contribution in [-0.4, -0.2) is 56.8 Å². The zero-order valence-electron chi connectivity index (χ0n) is 19.7. The first kappa shape index (κ1) is 24.0. The maximum atomic E-state index is 13.6. The smallest absolute Gasteiger partial charge is 0.264 e. The zero-order chi connectivity index (χ0) is 24.1. The molecule has 4 rings (SSSR count). The van der Waals surface area contributed by atoms with Gasteiger partial charge in [0.05, 0.1) is 10.6 Å². The van der Waals surface area contributed by atoms with Crippen LogP contribution in [0.15, 0.2) is 83.8 Å². The fourth-order valence-corrected chi connectivity index (χ4v) is 5.82. The molecule has 0 N–H and O–H groups in total. The third-order valence-electron chi connectivity index (χ3n) is 6.21. The molecule has 0 spiro atoms. The number of carbonyl (C=O) groups excluding carboxylic acids is 1. The quantitative estimate of drug-likeness (QED) is 0.519. The Morgan fingerprint density at radius 2 is 1.47 bits per heavy atom. The summed E-state index contributed by atoms with van der Waals surface area (Å²) in [6.45, 7) is 7.15. The summed E-state index contributed by atoms with van der Waals surface area (Å²) in [5.74, 6) is -0.182. The Hall–Kier alpha value is -3.16. The maximum Gasteiger partial charge on any atom is 0.264 e. The minimum atomic E-state index is -3.90. The number of anilines is 1. The molecule has 0 radical (unpaired) electrons. The molecule has 34 heavy (non-hydrogen) atoms. The highest BCUT2D eigenvalue weighted by atomic mass is 32.2. The standard InChI is InChI=1S/C27H31N3O3S/c1-22-13-14-26(23(2)19-22)30(34(32,33)25-11-7-4-8-12-25)21-27(31)29-17-15-28(16-18-29)20-24-9-5-3-6-10-24/h3-14,19H,15-18,20-21H2,1-2H3. The number of amides is 1. The van der Waals surface area contributed by atoms with Gasteiger partial charge in [-0.3, -0.25) is 14.0 Å². The molecule has 0 saturated carbocycles. The summed E-state index contributed by atoms with van der Waals surface area (Å²) < 4.78 is 28.4. The predicted octanol–water partition coefficient (Wildman–Crippen LogP) is 3.84. The Labute approximate surface area is 202 Å². The highest BCUT2D eigenvalue weighted by Crippen LogP contribution is 2.28. The van der Waals surface area contributed by atoms with Crippen molar-refractivity contribution in [3.63, 3.8) is 0 Å². The van der Waals surface area contributed by atoms with E-state index < -0.39 is 10.0 Å². The van der Waals surface area contributed by atoms with E-state index in [1.165, 1.54) is 9.87 Å². The summed E-state index contributed by atoms with van der Waals surface area (Å²) in [5.41, 5.74) is 3.64. The van der Waals surface area contributed by atoms with Crippen molar-refractivity contribution in [3.8, 4) is 0 Å². The van der Waals surface area contributed by atoms with Gasteiger partial charge in [0.25, 0.3) is 10.0 Å². The van der Waals surface area contributed by atoms with Crippen molar-refractivity contribution in [2.45, 2.75) is 25.3 Å². The van der Waals surface area contributed by atoms with Crippen LogP contribution >= 0.6 is 0 Å². The lowest BCUT2D eigenvalue weighted by atomic mass is 10.1. The molecule has 3 aromatic carbocycles. The molecule has 0 aromatic heterocycles. The van der Waals surface area contributed by atoms with E-state index in [9.17, 15) is 13.2 Å². The van der Waals surface area contributed by atoms with Crippen molar-refractivity contribution in [3.05, 3.63) is 95.6 Å². The first-order valence-electron chi connectivity index (χ1n) is 11.5. The second-order valence-corrected chi connectivity index (χ2v) is 10.6. The Kier molecular flexibility index (Phi) is 7.34. The normalized spacial score (nSPS) is 14.7. The van der Waals surface area contributed by atoms with Crippen LogP contribution in [0.3, 0.4) is 0 Å². The maximum absolute atomic E-state index is 13.6. The topological polar surface area (TPSA) is 60.9 Å². The van der Waals surface area contributed by atoms with Gasteiger partial charge in [0, 0.05) is 32.7 Å². The van der Waals surface area contributed by atoms with Crippen molar-refractivity contribution < 1.29 is 13.2 Å². The Balaban J connectivity index is 1.51. The molecular weight excluding hydrogens is 446 g/mol. The molecular formula is C27H31N3O3S. The lowest BCUT2D eigenvalue weighted by molar-refractivity contribution is -0.131. The van der Waals surface area contributed by atoms with Crippen LogP contribution in [0, 0.1) is 13.8 Å². The van der Waals surface area contributed by atoms with Crippen LogP contribution in [0.25, 0.3) is 0 Å². The summed E-state index contributed by atoms with van der Waals surface area (Å²) >= 11 is 0. The molecule has 0 unspecified atom stereocenters. The first-order valence-corrected chi connectivity index (χ1v) is 13.0. The van der Waals surface area contributed by atoms with E-state index >= 15 is 0 Å². The van der Waals surface area contributed by atoms with Gasteiger partial charge in [-0.15, -0.1) is 0 Å². The van der Waals surface area contributed by atoms with Gasteiger partial charge in [-0.25, -0.2) is 8.42 Å². The second-order valence-electron chi connectivity index (χ2n) is 8.76. The van der Waals surface area contributed by atoms with E-state index in [2.05, 4.69) is 17.0 Å². The molecule has 1 amide bonds. The molecule has 0 bridgehead atoms. The van der Waals surface area contributed by atoms with Crippen LogP contribution in [0.1, 0.15) is 16.7 Å². The van der Waals surface area contributed by atoms with E-state index in [1.807, 2.05) is 44.2 Å². The van der Waals surface area contributed by atoms with Gasteiger partial charge in [-0.05, 0) is 43.2 Å². The molecule has 1 aliphatic rings. The third kappa shape index (κ3) is 5.48. The van der Waals surface area contributed by atoms with E-state index in [-0.39, 0.29) is 17.3 Å².